The average molecular weight is 381 g/mol. The number of aryl methyl sites for hydroxylation is 3. The van der Waals surface area contributed by atoms with E-state index in [1.807, 2.05) is 63.2 Å². The number of aromatic nitrogens is 1. The Balaban J connectivity index is 2.01. The van der Waals surface area contributed by atoms with Crippen LogP contribution < -0.4 is 15.5 Å². The maximum absolute atomic E-state index is 8.26. The second-order valence-electron chi connectivity index (χ2n) is 6.33. The highest BCUT2D eigenvalue weighted by Crippen LogP contribution is 2.22. The molecule has 0 spiro atoms. The van der Waals surface area contributed by atoms with E-state index < -0.39 is 0 Å². The summed E-state index contributed by atoms with van der Waals surface area (Å²) < 4.78 is 7.30. The second kappa shape index (κ2) is 8.22. The molecule has 0 unspecified atom stereocenters. The minimum absolute atomic E-state index is 0.402. The predicted molar refractivity (Wildman–Crippen MR) is 113 cm³/mol. The molecule has 0 bridgehead atoms. The number of rotatable bonds is 4. The third-order valence-electron chi connectivity index (χ3n) is 3.99. The topological polar surface area (TPSA) is 62.4 Å². The summed E-state index contributed by atoms with van der Waals surface area (Å²) in [6.07, 6.45) is 0. The Labute approximate surface area is 163 Å². The van der Waals surface area contributed by atoms with Gasteiger partial charge in [0.1, 0.15) is 11.2 Å². The van der Waals surface area contributed by atoms with Crippen LogP contribution in [0, 0.1) is 26.2 Å². The molecule has 6 heteroatoms. The van der Waals surface area contributed by atoms with E-state index in [2.05, 4.69) is 18.3 Å². The largest absolute Gasteiger partial charge is 0.494 e. The summed E-state index contributed by atoms with van der Waals surface area (Å²) in [4.78, 5) is 5.88. The van der Waals surface area contributed by atoms with Crippen molar-refractivity contribution in [2.24, 2.45) is 4.99 Å². The van der Waals surface area contributed by atoms with Gasteiger partial charge in [0, 0.05) is 10.6 Å². The van der Waals surface area contributed by atoms with E-state index in [-0.39, 0.29) is 0 Å². The molecule has 0 fully saturated rings. The lowest BCUT2D eigenvalue weighted by molar-refractivity contribution is 0.340. The van der Waals surface area contributed by atoms with E-state index in [1.54, 1.807) is 3.96 Å². The molecule has 5 nitrogen and oxygen atoms in total. The number of aliphatic imine (C=N–C) groups is 1. The highest BCUT2D eigenvalue weighted by atomic mass is 32.1. The van der Waals surface area contributed by atoms with Crippen molar-refractivity contribution in [3.05, 3.63) is 70.0 Å². The van der Waals surface area contributed by atoms with E-state index in [1.165, 1.54) is 17.1 Å². The molecule has 140 valence electrons. The third-order valence-corrected chi connectivity index (χ3v) is 4.94. The number of anilines is 1. The lowest BCUT2D eigenvalue weighted by atomic mass is 10.1. The van der Waals surface area contributed by atoms with Crippen molar-refractivity contribution in [1.29, 1.82) is 5.41 Å². The van der Waals surface area contributed by atoms with Crippen molar-refractivity contribution in [3.8, 4) is 5.75 Å². The van der Waals surface area contributed by atoms with Crippen LogP contribution in [0.5, 0.6) is 5.75 Å². The van der Waals surface area contributed by atoms with Crippen LogP contribution in [0.4, 0.5) is 11.4 Å². The molecule has 1 aromatic heterocycles. The molecule has 3 rings (SSSR count). The van der Waals surface area contributed by atoms with Crippen molar-refractivity contribution in [3.63, 3.8) is 0 Å². The van der Waals surface area contributed by atoms with Crippen LogP contribution >= 0.6 is 11.5 Å². The van der Waals surface area contributed by atoms with Crippen LogP contribution in [0.1, 0.15) is 22.9 Å². The average Bonchev–Trinajstić information content (AvgIpc) is 2.96. The molecule has 0 aliphatic rings. The fraction of sp³-hybridized carbons (Fsp3) is 0.238. The molecule has 0 saturated carbocycles. The van der Waals surface area contributed by atoms with Gasteiger partial charge in [-0.05, 0) is 69.7 Å². The van der Waals surface area contributed by atoms with Gasteiger partial charge >= 0.3 is 0 Å². The molecule has 0 saturated heterocycles. The zero-order valence-electron chi connectivity index (χ0n) is 16.0. The van der Waals surface area contributed by atoms with Crippen LogP contribution in [0.2, 0.25) is 0 Å². The molecule has 3 aromatic rings. The van der Waals surface area contributed by atoms with Crippen molar-refractivity contribution in [2.45, 2.75) is 27.7 Å². The van der Waals surface area contributed by atoms with E-state index >= 15 is 0 Å². The van der Waals surface area contributed by atoms with Gasteiger partial charge in [0.25, 0.3) is 0 Å². The minimum Gasteiger partial charge on any atom is -0.494 e. The summed E-state index contributed by atoms with van der Waals surface area (Å²) >= 11 is 1.49. The van der Waals surface area contributed by atoms with E-state index in [4.69, 9.17) is 15.1 Å². The Bertz CT molecular complexity index is 1020. The monoisotopic (exact) mass is 380 g/mol. The summed E-state index contributed by atoms with van der Waals surface area (Å²) in [6.45, 7) is 8.71. The van der Waals surface area contributed by atoms with E-state index in [0.717, 1.165) is 27.6 Å². The maximum atomic E-state index is 8.26. The normalized spacial score (nSPS) is 11.5. The van der Waals surface area contributed by atoms with Gasteiger partial charge in [-0.1, -0.05) is 29.2 Å². The Morgan fingerprint density at radius 1 is 1.11 bits per heavy atom. The highest BCUT2D eigenvalue weighted by molar-refractivity contribution is 7.07. The standard InChI is InChI=1S/C21H24N4OS/c1-5-26-18-9-7-17(8-10-18)23-21(25-20(22)13-16(4)27-25)24-19-11-6-14(2)12-15(19)3/h6-13,22H,5H2,1-4H3,(H,23,24). The molecule has 0 aliphatic heterocycles. The molecule has 0 atom stereocenters. The van der Waals surface area contributed by atoms with Crippen molar-refractivity contribution in [2.75, 3.05) is 11.9 Å². The number of benzene rings is 2. The summed E-state index contributed by atoms with van der Waals surface area (Å²) in [6, 6.07) is 15.8. The maximum Gasteiger partial charge on any atom is 0.223 e. The lowest BCUT2D eigenvalue weighted by Gasteiger charge is -2.12. The van der Waals surface area contributed by atoms with Gasteiger partial charge in [0.2, 0.25) is 5.96 Å². The van der Waals surface area contributed by atoms with Crippen LogP contribution in [0.3, 0.4) is 0 Å². The second-order valence-corrected chi connectivity index (χ2v) is 7.53. The first kappa shape index (κ1) is 18.9. The van der Waals surface area contributed by atoms with Gasteiger partial charge in [-0.3, -0.25) is 5.41 Å². The first-order valence-electron chi connectivity index (χ1n) is 8.87. The number of hydrogen-bond donors (Lipinski definition) is 2. The summed E-state index contributed by atoms with van der Waals surface area (Å²) in [5.41, 5.74) is 4.47. The fourth-order valence-corrected chi connectivity index (χ4v) is 3.50. The quantitative estimate of drug-likeness (QED) is 0.494. The van der Waals surface area contributed by atoms with Gasteiger partial charge in [-0.15, -0.1) is 0 Å². The van der Waals surface area contributed by atoms with Crippen LogP contribution in [0.25, 0.3) is 0 Å². The predicted octanol–water partition coefficient (Wildman–Crippen LogP) is 5.00. The zero-order valence-corrected chi connectivity index (χ0v) is 16.9. The first-order chi connectivity index (χ1) is 13.0. The number of hydrogen-bond acceptors (Lipinski definition) is 4. The van der Waals surface area contributed by atoms with Gasteiger partial charge in [-0.25, -0.2) is 8.95 Å². The van der Waals surface area contributed by atoms with E-state index in [0.29, 0.717) is 18.1 Å². The molecule has 0 aliphatic carbocycles. The first-order valence-corrected chi connectivity index (χ1v) is 9.64. The molecule has 0 radical (unpaired) electrons. The lowest BCUT2D eigenvalue weighted by Crippen LogP contribution is -2.28. The number of nitrogens with zero attached hydrogens (tertiary/aromatic N) is 2. The van der Waals surface area contributed by atoms with Gasteiger partial charge in [0.15, 0.2) is 0 Å². The summed E-state index contributed by atoms with van der Waals surface area (Å²) in [5, 5.41) is 11.6. The third kappa shape index (κ3) is 4.65. The molecular formula is C21H24N4OS. The van der Waals surface area contributed by atoms with Crippen molar-refractivity contribution >= 4 is 28.9 Å². The van der Waals surface area contributed by atoms with Gasteiger partial charge in [0.05, 0.1) is 12.3 Å². The zero-order chi connectivity index (χ0) is 19.4. The Morgan fingerprint density at radius 3 is 2.44 bits per heavy atom. The smallest absolute Gasteiger partial charge is 0.223 e. The van der Waals surface area contributed by atoms with Gasteiger partial charge < -0.3 is 10.1 Å². The highest BCUT2D eigenvalue weighted by Gasteiger charge is 2.09. The Morgan fingerprint density at radius 2 is 1.85 bits per heavy atom. The number of nitrogens with one attached hydrogen (secondary N) is 2. The minimum atomic E-state index is 0.402. The van der Waals surface area contributed by atoms with Crippen molar-refractivity contribution < 1.29 is 4.74 Å². The Kier molecular flexibility index (Phi) is 5.76. The molecule has 0 amide bonds. The molecule has 2 aromatic carbocycles. The Hall–Kier alpha value is -2.86. The van der Waals surface area contributed by atoms with Crippen LogP contribution in [-0.4, -0.2) is 16.5 Å². The SMILES string of the molecule is CCOc1ccc(NC(=Nc2ccc(C)cc2C)n2sc(C)cc2=N)cc1. The molecule has 27 heavy (non-hydrogen) atoms. The van der Waals surface area contributed by atoms with Crippen LogP contribution in [-0.2, 0) is 0 Å². The molecule has 2 N–H and O–H groups in total. The number of ether oxygens (including phenoxy) is 1. The van der Waals surface area contributed by atoms with Crippen molar-refractivity contribution in [1.82, 2.24) is 3.96 Å². The van der Waals surface area contributed by atoms with E-state index in [9.17, 15) is 0 Å². The summed E-state index contributed by atoms with van der Waals surface area (Å²) in [5.74, 6) is 1.44. The van der Waals surface area contributed by atoms with Crippen LogP contribution in [0.15, 0.2) is 53.5 Å². The fourth-order valence-electron chi connectivity index (χ4n) is 2.73. The van der Waals surface area contributed by atoms with Gasteiger partial charge in [-0.2, -0.15) is 0 Å². The summed E-state index contributed by atoms with van der Waals surface area (Å²) in [7, 11) is 0. The molecule has 1 heterocycles. The molecular weight excluding hydrogens is 356 g/mol.